The number of carbonyl (C=O) groups is 1. The summed E-state index contributed by atoms with van der Waals surface area (Å²) in [4.78, 5) is 17.9. The highest BCUT2D eigenvalue weighted by Crippen LogP contribution is 2.44. The van der Waals surface area contributed by atoms with Gasteiger partial charge in [-0.25, -0.2) is 0 Å². The molecule has 10 nitrogen and oxygen atoms in total. The van der Waals surface area contributed by atoms with Crippen molar-refractivity contribution in [2.45, 2.75) is 39.9 Å². The first-order chi connectivity index (χ1) is 21.5. The first-order valence-corrected chi connectivity index (χ1v) is 14.3. The van der Waals surface area contributed by atoms with Gasteiger partial charge in [0.05, 0.1) is 11.8 Å². The Balaban J connectivity index is 1.65. The Morgan fingerprint density at radius 3 is 2.18 bits per heavy atom. The zero-order valence-corrected chi connectivity index (χ0v) is 25.1. The first-order valence-electron chi connectivity index (χ1n) is 14.3. The molecule has 0 fully saturated rings. The van der Waals surface area contributed by atoms with Crippen LogP contribution in [0.3, 0.4) is 0 Å². The number of aromatic nitrogens is 2. The Hall–Kier alpha value is -5.38. The molecule has 0 bridgehead atoms. The number of amides is 1. The molecule has 226 valence electrons. The highest BCUT2D eigenvalue weighted by molar-refractivity contribution is 6.02. The van der Waals surface area contributed by atoms with E-state index in [1.807, 2.05) is 79.7 Å². The smallest absolute Gasteiger partial charge is 0.274 e. The lowest BCUT2D eigenvalue weighted by atomic mass is 9.95. The van der Waals surface area contributed by atoms with Crippen molar-refractivity contribution >= 4 is 12.1 Å². The van der Waals surface area contributed by atoms with E-state index >= 15 is 0 Å². The summed E-state index contributed by atoms with van der Waals surface area (Å²) >= 11 is 0. The molecule has 0 saturated carbocycles. The number of nitrogens with one attached hydrogen (secondary N) is 1. The average molecular weight is 595 g/mol. The SMILES string of the molecule is CCNC(=O)c1noc(-c2cc(C(C)C)c(OCc3ccccc3)cc2OCc2ccccc2)c1-c1cc(/C=N/OC)no1. The zero-order valence-electron chi connectivity index (χ0n) is 25.1. The molecule has 1 N–H and O–H groups in total. The largest absolute Gasteiger partial charge is 0.488 e. The molecule has 2 aromatic heterocycles. The maximum Gasteiger partial charge on any atom is 0.274 e. The van der Waals surface area contributed by atoms with Crippen LogP contribution in [-0.4, -0.2) is 36.1 Å². The predicted octanol–water partition coefficient (Wildman–Crippen LogP) is 7.01. The van der Waals surface area contributed by atoms with Crippen LogP contribution in [0.5, 0.6) is 11.5 Å². The lowest BCUT2D eigenvalue weighted by Crippen LogP contribution is -2.23. The summed E-state index contributed by atoms with van der Waals surface area (Å²) < 4.78 is 24.3. The topological polar surface area (TPSA) is 121 Å². The van der Waals surface area contributed by atoms with Crippen LogP contribution in [0.15, 0.2) is 93.1 Å². The second-order valence-corrected chi connectivity index (χ2v) is 10.2. The molecule has 5 aromatic rings. The van der Waals surface area contributed by atoms with Gasteiger partial charge in [0, 0.05) is 18.7 Å². The molecule has 0 radical (unpaired) electrons. The van der Waals surface area contributed by atoms with E-state index in [1.165, 1.54) is 13.3 Å². The Kier molecular flexibility index (Phi) is 9.71. The van der Waals surface area contributed by atoms with E-state index in [0.717, 1.165) is 16.7 Å². The molecular formula is C34H34N4O6. The maximum absolute atomic E-state index is 13.1. The first kappa shape index (κ1) is 30.1. The van der Waals surface area contributed by atoms with Crippen LogP contribution in [-0.2, 0) is 18.1 Å². The van der Waals surface area contributed by atoms with Crippen LogP contribution in [0.1, 0.15) is 59.6 Å². The number of rotatable bonds is 13. The number of ether oxygens (including phenoxy) is 2. The Morgan fingerprint density at radius 1 is 0.909 bits per heavy atom. The summed E-state index contributed by atoms with van der Waals surface area (Å²) in [5.74, 6) is 1.39. The fourth-order valence-corrected chi connectivity index (χ4v) is 4.60. The third-order valence-corrected chi connectivity index (χ3v) is 6.76. The van der Waals surface area contributed by atoms with Gasteiger partial charge in [0.2, 0.25) is 0 Å². The summed E-state index contributed by atoms with van der Waals surface area (Å²) in [5.41, 5.74) is 4.31. The molecule has 5 rings (SSSR count). The van der Waals surface area contributed by atoms with Gasteiger partial charge in [-0.3, -0.25) is 4.79 Å². The molecule has 3 aromatic carbocycles. The molecular weight excluding hydrogens is 560 g/mol. The standard InChI is InChI=1S/C34H34N4O6/c1-5-35-34(39)32-31(30-16-25(37-43-30)19-36-40-4)33(44-38-32)27-17-26(22(2)3)28(41-20-23-12-8-6-9-13-23)18-29(27)42-21-24-14-10-7-11-15-24/h6-19,22H,5,20-21H2,1-4H3,(H,35,39)/b36-19+. The number of hydrogen-bond donors (Lipinski definition) is 1. The normalized spacial score (nSPS) is 11.2. The van der Waals surface area contributed by atoms with Gasteiger partial charge in [-0.1, -0.05) is 90.0 Å². The third kappa shape index (κ3) is 6.97. The lowest BCUT2D eigenvalue weighted by Gasteiger charge is -2.19. The van der Waals surface area contributed by atoms with E-state index in [4.69, 9.17) is 23.4 Å². The Morgan fingerprint density at radius 2 is 1.57 bits per heavy atom. The third-order valence-electron chi connectivity index (χ3n) is 6.76. The minimum absolute atomic E-state index is 0.0535. The summed E-state index contributed by atoms with van der Waals surface area (Å²) in [6, 6.07) is 25.3. The van der Waals surface area contributed by atoms with Gasteiger partial charge in [0.15, 0.2) is 17.2 Å². The fourth-order valence-electron chi connectivity index (χ4n) is 4.60. The van der Waals surface area contributed by atoms with Gasteiger partial charge in [-0.15, -0.1) is 0 Å². The van der Waals surface area contributed by atoms with Crippen molar-refractivity contribution in [1.82, 2.24) is 15.6 Å². The van der Waals surface area contributed by atoms with Crippen molar-refractivity contribution in [3.8, 4) is 34.1 Å². The van der Waals surface area contributed by atoms with E-state index in [9.17, 15) is 4.79 Å². The lowest BCUT2D eigenvalue weighted by molar-refractivity contribution is 0.0947. The fraction of sp³-hybridized carbons (Fsp3) is 0.235. The highest BCUT2D eigenvalue weighted by Gasteiger charge is 2.30. The van der Waals surface area contributed by atoms with Crippen LogP contribution >= 0.6 is 0 Å². The number of hydrogen-bond acceptors (Lipinski definition) is 9. The van der Waals surface area contributed by atoms with Gasteiger partial charge < -0.3 is 28.7 Å². The summed E-state index contributed by atoms with van der Waals surface area (Å²) in [7, 11) is 1.43. The van der Waals surface area contributed by atoms with Crippen LogP contribution in [0.2, 0.25) is 0 Å². The number of benzene rings is 3. The van der Waals surface area contributed by atoms with E-state index in [1.54, 1.807) is 6.07 Å². The molecule has 0 aliphatic carbocycles. The highest BCUT2D eigenvalue weighted by atomic mass is 16.6. The van der Waals surface area contributed by atoms with Crippen molar-refractivity contribution in [1.29, 1.82) is 0 Å². The van der Waals surface area contributed by atoms with Crippen molar-refractivity contribution in [2.24, 2.45) is 5.16 Å². The Bertz CT molecular complexity index is 1710. The van der Waals surface area contributed by atoms with Crippen LogP contribution in [0.4, 0.5) is 0 Å². The van der Waals surface area contributed by atoms with Crippen molar-refractivity contribution in [3.63, 3.8) is 0 Å². The summed E-state index contributed by atoms with van der Waals surface area (Å²) in [5, 5.41) is 14.8. The molecule has 0 spiro atoms. The molecule has 0 aliphatic rings. The van der Waals surface area contributed by atoms with E-state index in [0.29, 0.717) is 48.1 Å². The summed E-state index contributed by atoms with van der Waals surface area (Å²) in [6.45, 7) is 7.07. The molecule has 0 unspecified atom stereocenters. The zero-order chi connectivity index (χ0) is 30.9. The van der Waals surface area contributed by atoms with Crippen molar-refractivity contribution < 1.29 is 28.2 Å². The maximum atomic E-state index is 13.1. The quantitative estimate of drug-likeness (QED) is 0.114. The van der Waals surface area contributed by atoms with Crippen LogP contribution in [0, 0.1) is 0 Å². The second-order valence-electron chi connectivity index (χ2n) is 10.2. The molecule has 44 heavy (non-hydrogen) atoms. The monoisotopic (exact) mass is 594 g/mol. The average Bonchev–Trinajstić information content (AvgIpc) is 3.70. The predicted molar refractivity (Wildman–Crippen MR) is 166 cm³/mol. The van der Waals surface area contributed by atoms with Crippen LogP contribution < -0.4 is 14.8 Å². The molecule has 0 atom stereocenters. The minimum atomic E-state index is -0.417. The van der Waals surface area contributed by atoms with Gasteiger partial charge >= 0.3 is 0 Å². The van der Waals surface area contributed by atoms with E-state index in [-0.39, 0.29) is 23.1 Å². The van der Waals surface area contributed by atoms with Crippen LogP contribution in [0.25, 0.3) is 22.6 Å². The number of oxime groups is 1. The minimum Gasteiger partial charge on any atom is -0.488 e. The van der Waals surface area contributed by atoms with Gasteiger partial charge in [0.25, 0.3) is 5.91 Å². The summed E-state index contributed by atoms with van der Waals surface area (Å²) in [6.07, 6.45) is 1.40. The molecule has 0 saturated heterocycles. The van der Waals surface area contributed by atoms with Gasteiger partial charge in [-0.2, -0.15) is 0 Å². The van der Waals surface area contributed by atoms with Gasteiger partial charge in [-0.05, 0) is 35.6 Å². The molecule has 1 amide bonds. The second kappa shape index (κ2) is 14.2. The Labute approximate surface area is 255 Å². The molecule has 10 heteroatoms. The van der Waals surface area contributed by atoms with E-state index < -0.39 is 5.91 Å². The number of carbonyl (C=O) groups excluding carboxylic acids is 1. The van der Waals surface area contributed by atoms with Crippen molar-refractivity contribution in [2.75, 3.05) is 13.7 Å². The number of nitrogens with zero attached hydrogens (tertiary/aromatic N) is 3. The van der Waals surface area contributed by atoms with Crippen molar-refractivity contribution in [3.05, 3.63) is 107 Å². The molecule has 0 aliphatic heterocycles. The van der Waals surface area contributed by atoms with E-state index in [2.05, 4.69) is 34.6 Å². The van der Waals surface area contributed by atoms with Gasteiger partial charge in [0.1, 0.15) is 43.1 Å². The molecule has 2 heterocycles.